The van der Waals surface area contributed by atoms with Crippen LogP contribution in [0.15, 0.2) is 48.7 Å². The fourth-order valence-corrected chi connectivity index (χ4v) is 4.99. The number of hydrogen-bond acceptors (Lipinski definition) is 6. The quantitative estimate of drug-likeness (QED) is 0.450. The Morgan fingerprint density at radius 3 is 2.44 bits per heavy atom. The van der Waals surface area contributed by atoms with Gasteiger partial charge in [0.25, 0.3) is 11.8 Å². The van der Waals surface area contributed by atoms with Gasteiger partial charge in [0.05, 0.1) is 24.8 Å². The molecule has 7 nitrogen and oxygen atoms in total. The van der Waals surface area contributed by atoms with E-state index in [0.717, 1.165) is 31.2 Å². The number of piperidine rings is 1. The zero-order valence-corrected chi connectivity index (χ0v) is 21.1. The number of nitrogens with zero attached hydrogens (tertiary/aromatic N) is 4. The third-order valence-corrected chi connectivity index (χ3v) is 7.18. The van der Waals surface area contributed by atoms with Crippen molar-refractivity contribution in [2.24, 2.45) is 0 Å². The lowest BCUT2D eigenvalue weighted by molar-refractivity contribution is -0.141. The van der Waals surface area contributed by atoms with Crippen LogP contribution in [0.5, 0.6) is 0 Å². The number of halogens is 5. The van der Waals surface area contributed by atoms with Crippen molar-refractivity contribution in [1.82, 2.24) is 20.2 Å². The molecular formula is C27H28F5N5O2. The predicted molar refractivity (Wildman–Crippen MR) is 135 cm³/mol. The number of likely N-dealkylation sites (tertiary alicyclic amines) is 1. The standard InChI is InChI=1S/C27H28F5N5O2/c28-26(29)8-10-36(11-9-26)22(18-4-6-23(33-16-18)27(30,31)32)17-34-25(38)20-2-1-3-21-19(20)5-7-24(35-21)37-12-14-39-15-13-37/h1-7,16,22H,8-15,17H2,(H,34,38). The van der Waals surface area contributed by atoms with Crippen LogP contribution in [-0.4, -0.2) is 72.6 Å². The number of hydrogen-bond donors (Lipinski definition) is 1. The van der Waals surface area contributed by atoms with Gasteiger partial charge in [0.1, 0.15) is 11.5 Å². The van der Waals surface area contributed by atoms with Crippen molar-refractivity contribution in [2.75, 3.05) is 50.8 Å². The number of morpholine rings is 1. The fraction of sp³-hybridized carbons (Fsp3) is 0.444. The first-order valence-corrected chi connectivity index (χ1v) is 12.8. The summed E-state index contributed by atoms with van der Waals surface area (Å²) >= 11 is 0. The Bertz CT molecular complexity index is 1300. The number of carbonyl (C=O) groups is 1. The molecule has 2 fully saturated rings. The van der Waals surface area contributed by atoms with Crippen molar-refractivity contribution in [3.8, 4) is 0 Å². The highest BCUT2D eigenvalue weighted by Crippen LogP contribution is 2.33. The van der Waals surface area contributed by atoms with Gasteiger partial charge < -0.3 is 15.0 Å². The molecule has 1 N–H and O–H groups in total. The number of aromatic nitrogens is 2. The van der Waals surface area contributed by atoms with Crippen LogP contribution in [-0.2, 0) is 10.9 Å². The Kier molecular flexibility index (Phi) is 7.68. The van der Waals surface area contributed by atoms with Crippen LogP contribution in [0, 0.1) is 0 Å². The molecule has 5 rings (SSSR count). The Labute approximate surface area is 222 Å². The Hall–Kier alpha value is -3.38. The minimum atomic E-state index is -4.60. The van der Waals surface area contributed by atoms with Gasteiger partial charge in [-0.05, 0) is 35.9 Å². The molecule has 3 aromatic rings. The largest absolute Gasteiger partial charge is 0.433 e. The van der Waals surface area contributed by atoms with Crippen molar-refractivity contribution in [3.05, 3.63) is 65.5 Å². The smallest absolute Gasteiger partial charge is 0.378 e. The third kappa shape index (κ3) is 6.27. The van der Waals surface area contributed by atoms with Crippen LogP contribution in [0.25, 0.3) is 10.9 Å². The molecule has 0 saturated carbocycles. The van der Waals surface area contributed by atoms with Gasteiger partial charge in [-0.25, -0.2) is 13.8 Å². The number of rotatable bonds is 6. The number of carbonyl (C=O) groups excluding carboxylic acids is 1. The van der Waals surface area contributed by atoms with E-state index in [1.165, 1.54) is 6.07 Å². The van der Waals surface area contributed by atoms with Crippen molar-refractivity contribution in [1.29, 1.82) is 0 Å². The number of ether oxygens (including phenoxy) is 1. The Balaban J connectivity index is 1.35. The van der Waals surface area contributed by atoms with E-state index >= 15 is 0 Å². The van der Waals surface area contributed by atoms with Crippen LogP contribution in [0.3, 0.4) is 0 Å². The molecule has 0 aliphatic carbocycles. The number of anilines is 1. The molecule has 2 saturated heterocycles. The van der Waals surface area contributed by atoms with Gasteiger partial charge in [0.15, 0.2) is 0 Å². The summed E-state index contributed by atoms with van der Waals surface area (Å²) in [6.45, 7) is 2.77. The molecule has 1 atom stereocenters. The average molecular weight is 550 g/mol. The van der Waals surface area contributed by atoms with E-state index in [0.29, 0.717) is 35.2 Å². The van der Waals surface area contributed by atoms with Crippen LogP contribution in [0.2, 0.25) is 0 Å². The molecule has 2 aliphatic rings. The summed E-state index contributed by atoms with van der Waals surface area (Å²) in [5.41, 5.74) is 0.401. The van der Waals surface area contributed by atoms with Crippen molar-refractivity contribution in [3.63, 3.8) is 0 Å². The van der Waals surface area contributed by atoms with E-state index in [9.17, 15) is 26.7 Å². The van der Waals surface area contributed by atoms with Crippen molar-refractivity contribution < 1.29 is 31.5 Å². The summed E-state index contributed by atoms with van der Waals surface area (Å²) < 4.78 is 72.1. The lowest BCUT2D eigenvalue weighted by atomic mass is 10.0. The molecule has 1 aromatic carbocycles. The maximum Gasteiger partial charge on any atom is 0.433 e. The van der Waals surface area contributed by atoms with Crippen LogP contribution < -0.4 is 10.2 Å². The maximum atomic E-state index is 13.8. The minimum absolute atomic E-state index is 0.00707. The first-order valence-electron chi connectivity index (χ1n) is 12.8. The Morgan fingerprint density at radius 1 is 1.03 bits per heavy atom. The molecule has 0 radical (unpaired) electrons. The topological polar surface area (TPSA) is 70.6 Å². The minimum Gasteiger partial charge on any atom is -0.378 e. The highest BCUT2D eigenvalue weighted by atomic mass is 19.4. The summed E-state index contributed by atoms with van der Waals surface area (Å²) in [6.07, 6.45) is -4.24. The number of amides is 1. The van der Waals surface area contributed by atoms with E-state index in [-0.39, 0.29) is 32.5 Å². The summed E-state index contributed by atoms with van der Waals surface area (Å²) in [5, 5.41) is 3.51. The van der Waals surface area contributed by atoms with Gasteiger partial charge >= 0.3 is 6.18 Å². The monoisotopic (exact) mass is 549 g/mol. The summed E-state index contributed by atoms with van der Waals surface area (Å²) in [7, 11) is 0. The number of benzene rings is 1. The van der Waals surface area contributed by atoms with E-state index in [4.69, 9.17) is 9.72 Å². The van der Waals surface area contributed by atoms with Crippen LogP contribution in [0.1, 0.15) is 40.5 Å². The SMILES string of the molecule is O=C(NCC(c1ccc(C(F)(F)F)nc1)N1CCC(F)(F)CC1)c1cccc2nc(N3CCOCC3)ccc12. The molecule has 1 amide bonds. The van der Waals surface area contributed by atoms with Crippen LogP contribution >= 0.6 is 0 Å². The second-order valence-corrected chi connectivity index (χ2v) is 9.73. The van der Waals surface area contributed by atoms with E-state index in [2.05, 4.69) is 15.2 Å². The number of fused-ring (bicyclic) bond motifs is 1. The second kappa shape index (κ2) is 11.0. The van der Waals surface area contributed by atoms with Gasteiger partial charge in [0, 0.05) is 62.7 Å². The lowest BCUT2D eigenvalue weighted by Gasteiger charge is -2.37. The van der Waals surface area contributed by atoms with Gasteiger partial charge in [-0.3, -0.25) is 14.7 Å². The zero-order chi connectivity index (χ0) is 27.6. The van der Waals surface area contributed by atoms with Crippen molar-refractivity contribution in [2.45, 2.75) is 31.0 Å². The molecule has 0 spiro atoms. The van der Waals surface area contributed by atoms with E-state index in [1.807, 2.05) is 18.2 Å². The molecule has 2 aromatic heterocycles. The molecule has 1 unspecified atom stereocenters. The molecule has 208 valence electrons. The normalized spacial score (nSPS) is 19.2. The van der Waals surface area contributed by atoms with E-state index < -0.39 is 29.7 Å². The van der Waals surface area contributed by atoms with Gasteiger partial charge in [-0.1, -0.05) is 12.1 Å². The van der Waals surface area contributed by atoms with Gasteiger partial charge in [-0.2, -0.15) is 13.2 Å². The molecule has 2 aliphatic heterocycles. The molecule has 39 heavy (non-hydrogen) atoms. The second-order valence-electron chi connectivity index (χ2n) is 9.73. The third-order valence-electron chi connectivity index (χ3n) is 7.18. The number of nitrogens with one attached hydrogen (secondary N) is 1. The maximum absolute atomic E-state index is 13.8. The average Bonchev–Trinajstić information content (AvgIpc) is 2.93. The summed E-state index contributed by atoms with van der Waals surface area (Å²) in [4.78, 5) is 25.4. The van der Waals surface area contributed by atoms with Gasteiger partial charge in [0.2, 0.25) is 0 Å². The fourth-order valence-electron chi connectivity index (χ4n) is 4.99. The lowest BCUT2D eigenvalue weighted by Crippen LogP contribution is -2.45. The molecule has 0 bridgehead atoms. The zero-order valence-electron chi connectivity index (χ0n) is 21.1. The summed E-state index contributed by atoms with van der Waals surface area (Å²) in [5.74, 6) is -2.40. The first-order chi connectivity index (χ1) is 18.6. The highest BCUT2D eigenvalue weighted by molar-refractivity contribution is 6.06. The summed E-state index contributed by atoms with van der Waals surface area (Å²) in [6, 6.07) is 10.4. The number of pyridine rings is 2. The van der Waals surface area contributed by atoms with Crippen LogP contribution in [0.4, 0.5) is 27.8 Å². The predicted octanol–water partition coefficient (Wildman–Crippen LogP) is 4.69. The van der Waals surface area contributed by atoms with E-state index in [1.54, 1.807) is 17.0 Å². The molecule has 12 heteroatoms. The highest BCUT2D eigenvalue weighted by Gasteiger charge is 2.37. The van der Waals surface area contributed by atoms with Gasteiger partial charge in [-0.15, -0.1) is 0 Å². The first kappa shape index (κ1) is 27.2. The molecular weight excluding hydrogens is 521 g/mol. The Morgan fingerprint density at radius 2 is 1.77 bits per heavy atom. The molecule has 4 heterocycles. The number of alkyl halides is 5. The van der Waals surface area contributed by atoms with Crippen molar-refractivity contribution >= 4 is 22.6 Å².